The van der Waals surface area contributed by atoms with E-state index < -0.39 is 5.82 Å². The molecule has 1 aromatic heterocycles. The third-order valence-corrected chi connectivity index (χ3v) is 2.19. The van der Waals surface area contributed by atoms with Crippen LogP contribution in [-0.4, -0.2) is 23.9 Å². The zero-order chi connectivity index (χ0) is 11.3. The van der Waals surface area contributed by atoms with E-state index in [1.165, 1.54) is 12.3 Å². The Morgan fingerprint density at radius 2 is 2.40 bits per heavy atom. The van der Waals surface area contributed by atoms with Crippen molar-refractivity contribution in [1.82, 2.24) is 10.3 Å². The Labute approximate surface area is 88.7 Å². The standard InChI is InChI=1S/C11H15FN2O/c1-3-13-6-8(2)11(15)9-4-5-14-7-10(9)12/h4-5,7-8,13H,3,6H2,1-2H3. The molecule has 3 nitrogen and oxygen atoms in total. The van der Waals surface area contributed by atoms with Gasteiger partial charge in [0.05, 0.1) is 11.8 Å². The summed E-state index contributed by atoms with van der Waals surface area (Å²) >= 11 is 0. The number of hydrogen-bond acceptors (Lipinski definition) is 3. The zero-order valence-electron chi connectivity index (χ0n) is 8.96. The van der Waals surface area contributed by atoms with Crippen LogP contribution in [0.15, 0.2) is 18.5 Å². The van der Waals surface area contributed by atoms with Gasteiger partial charge in [-0.15, -0.1) is 0 Å². The van der Waals surface area contributed by atoms with E-state index in [1.54, 1.807) is 6.92 Å². The number of aromatic nitrogens is 1. The van der Waals surface area contributed by atoms with Crippen molar-refractivity contribution >= 4 is 5.78 Å². The first-order chi connectivity index (χ1) is 7.16. The molecule has 0 bridgehead atoms. The van der Waals surface area contributed by atoms with Gasteiger partial charge in [0.2, 0.25) is 0 Å². The van der Waals surface area contributed by atoms with E-state index in [0.29, 0.717) is 6.54 Å². The van der Waals surface area contributed by atoms with Gasteiger partial charge in [0, 0.05) is 18.7 Å². The number of rotatable bonds is 5. The minimum Gasteiger partial charge on any atom is -0.316 e. The molecule has 0 aliphatic heterocycles. The highest BCUT2D eigenvalue weighted by Crippen LogP contribution is 2.11. The van der Waals surface area contributed by atoms with E-state index in [4.69, 9.17) is 0 Å². The Balaban J connectivity index is 2.72. The summed E-state index contributed by atoms with van der Waals surface area (Å²) in [5, 5.41) is 3.06. The highest BCUT2D eigenvalue weighted by atomic mass is 19.1. The van der Waals surface area contributed by atoms with Crippen LogP contribution in [0.3, 0.4) is 0 Å². The molecule has 0 amide bonds. The van der Waals surface area contributed by atoms with Crippen LogP contribution < -0.4 is 5.32 Å². The van der Waals surface area contributed by atoms with Crippen molar-refractivity contribution in [2.45, 2.75) is 13.8 Å². The van der Waals surface area contributed by atoms with E-state index in [2.05, 4.69) is 10.3 Å². The van der Waals surface area contributed by atoms with E-state index in [1.807, 2.05) is 6.92 Å². The quantitative estimate of drug-likeness (QED) is 0.751. The predicted molar refractivity (Wildman–Crippen MR) is 56.2 cm³/mol. The van der Waals surface area contributed by atoms with Gasteiger partial charge in [-0.25, -0.2) is 4.39 Å². The van der Waals surface area contributed by atoms with E-state index in [9.17, 15) is 9.18 Å². The van der Waals surface area contributed by atoms with Crippen LogP contribution in [0.2, 0.25) is 0 Å². The van der Waals surface area contributed by atoms with Gasteiger partial charge in [-0.05, 0) is 12.6 Å². The predicted octanol–water partition coefficient (Wildman–Crippen LogP) is 1.65. The Hall–Kier alpha value is -1.29. The van der Waals surface area contributed by atoms with Crippen molar-refractivity contribution in [1.29, 1.82) is 0 Å². The summed E-state index contributed by atoms with van der Waals surface area (Å²) in [4.78, 5) is 15.4. The van der Waals surface area contributed by atoms with E-state index in [-0.39, 0.29) is 17.3 Å². The molecule has 4 heteroatoms. The molecule has 1 atom stereocenters. The van der Waals surface area contributed by atoms with Gasteiger partial charge in [-0.2, -0.15) is 0 Å². The first-order valence-electron chi connectivity index (χ1n) is 5.01. The van der Waals surface area contributed by atoms with Gasteiger partial charge in [0.15, 0.2) is 11.6 Å². The minimum absolute atomic E-state index is 0.121. The smallest absolute Gasteiger partial charge is 0.169 e. The second-order valence-electron chi connectivity index (χ2n) is 3.43. The topological polar surface area (TPSA) is 42.0 Å². The second-order valence-corrected chi connectivity index (χ2v) is 3.43. The number of nitrogens with one attached hydrogen (secondary N) is 1. The number of carbonyl (C=O) groups excluding carboxylic acids is 1. The van der Waals surface area contributed by atoms with Crippen molar-refractivity contribution < 1.29 is 9.18 Å². The fourth-order valence-electron chi connectivity index (χ4n) is 1.29. The Morgan fingerprint density at radius 3 is 3.00 bits per heavy atom. The number of nitrogens with zero attached hydrogens (tertiary/aromatic N) is 1. The summed E-state index contributed by atoms with van der Waals surface area (Å²) in [7, 11) is 0. The number of ketones is 1. The lowest BCUT2D eigenvalue weighted by molar-refractivity contribution is 0.0925. The molecule has 0 fully saturated rings. The Bertz CT molecular complexity index is 341. The maximum atomic E-state index is 13.2. The number of carbonyl (C=O) groups is 1. The van der Waals surface area contributed by atoms with Crippen molar-refractivity contribution in [2.24, 2.45) is 5.92 Å². The van der Waals surface area contributed by atoms with Crippen LogP contribution in [-0.2, 0) is 0 Å². The molecular weight excluding hydrogens is 195 g/mol. The van der Waals surface area contributed by atoms with Crippen LogP contribution in [0.4, 0.5) is 4.39 Å². The van der Waals surface area contributed by atoms with Crippen LogP contribution in [0, 0.1) is 11.7 Å². The second kappa shape index (κ2) is 5.56. The van der Waals surface area contributed by atoms with Gasteiger partial charge in [0.25, 0.3) is 0 Å². The van der Waals surface area contributed by atoms with Gasteiger partial charge < -0.3 is 5.32 Å². The summed E-state index contributed by atoms with van der Waals surface area (Å²) < 4.78 is 13.2. The first kappa shape index (κ1) is 11.8. The minimum atomic E-state index is -0.550. The van der Waals surface area contributed by atoms with Crippen LogP contribution >= 0.6 is 0 Å². The normalized spacial score (nSPS) is 12.5. The fraction of sp³-hybridized carbons (Fsp3) is 0.455. The summed E-state index contributed by atoms with van der Waals surface area (Å²) in [6.45, 7) is 5.11. The number of Topliss-reactive ketones (excluding diaryl/α,β-unsaturated/α-hetero) is 1. The van der Waals surface area contributed by atoms with Crippen molar-refractivity contribution in [3.8, 4) is 0 Å². The Kier molecular flexibility index (Phi) is 4.37. The van der Waals surface area contributed by atoms with Crippen molar-refractivity contribution in [3.05, 3.63) is 29.8 Å². The zero-order valence-corrected chi connectivity index (χ0v) is 8.96. The lowest BCUT2D eigenvalue weighted by atomic mass is 10.00. The van der Waals surface area contributed by atoms with Gasteiger partial charge >= 0.3 is 0 Å². The number of pyridine rings is 1. The largest absolute Gasteiger partial charge is 0.316 e. The SMILES string of the molecule is CCNCC(C)C(=O)c1ccncc1F. The molecule has 0 aliphatic carbocycles. The molecule has 1 rings (SSSR count). The Morgan fingerprint density at radius 1 is 1.67 bits per heavy atom. The van der Waals surface area contributed by atoms with Crippen LogP contribution in [0.5, 0.6) is 0 Å². The number of hydrogen-bond donors (Lipinski definition) is 1. The summed E-state index contributed by atoms with van der Waals surface area (Å²) in [5.41, 5.74) is 0.121. The van der Waals surface area contributed by atoms with E-state index in [0.717, 1.165) is 12.7 Å². The van der Waals surface area contributed by atoms with Gasteiger partial charge in [0.1, 0.15) is 0 Å². The van der Waals surface area contributed by atoms with Crippen LogP contribution in [0.1, 0.15) is 24.2 Å². The fourth-order valence-corrected chi connectivity index (χ4v) is 1.29. The van der Waals surface area contributed by atoms with Crippen molar-refractivity contribution in [3.63, 3.8) is 0 Å². The van der Waals surface area contributed by atoms with Crippen LogP contribution in [0.25, 0.3) is 0 Å². The summed E-state index contributed by atoms with van der Waals surface area (Å²) in [6, 6.07) is 1.42. The first-order valence-corrected chi connectivity index (χ1v) is 5.01. The molecule has 1 aromatic rings. The molecule has 1 unspecified atom stereocenters. The average molecular weight is 210 g/mol. The molecule has 0 spiro atoms. The molecule has 15 heavy (non-hydrogen) atoms. The third kappa shape index (κ3) is 3.09. The molecule has 82 valence electrons. The summed E-state index contributed by atoms with van der Waals surface area (Å²) in [5.74, 6) is -0.955. The highest BCUT2D eigenvalue weighted by Gasteiger charge is 2.17. The maximum Gasteiger partial charge on any atom is 0.169 e. The average Bonchev–Trinajstić information content (AvgIpc) is 2.25. The molecule has 0 aliphatic rings. The lowest BCUT2D eigenvalue weighted by Crippen LogP contribution is -2.26. The maximum absolute atomic E-state index is 13.2. The highest BCUT2D eigenvalue weighted by molar-refractivity contribution is 5.97. The molecule has 0 aromatic carbocycles. The molecular formula is C11H15FN2O. The van der Waals surface area contributed by atoms with Gasteiger partial charge in [-0.3, -0.25) is 9.78 Å². The van der Waals surface area contributed by atoms with Crippen molar-refractivity contribution in [2.75, 3.05) is 13.1 Å². The third-order valence-electron chi connectivity index (χ3n) is 2.19. The molecule has 0 radical (unpaired) electrons. The van der Waals surface area contributed by atoms with Gasteiger partial charge in [-0.1, -0.05) is 13.8 Å². The molecule has 1 N–H and O–H groups in total. The van der Waals surface area contributed by atoms with E-state index >= 15 is 0 Å². The molecule has 1 heterocycles. The molecule has 0 saturated carbocycles. The molecule has 0 saturated heterocycles. The lowest BCUT2D eigenvalue weighted by Gasteiger charge is -2.10. The number of halogens is 1. The summed E-state index contributed by atoms with van der Waals surface area (Å²) in [6.07, 6.45) is 2.49. The monoisotopic (exact) mass is 210 g/mol.